The van der Waals surface area contributed by atoms with Gasteiger partial charge < -0.3 is 24.4 Å². The number of fused-ring (bicyclic) bond motifs is 2. The van der Waals surface area contributed by atoms with Crippen LogP contribution in [0.5, 0.6) is 23.0 Å². The average molecular weight is 356 g/mol. The summed E-state index contributed by atoms with van der Waals surface area (Å²) in [5, 5.41) is 20.2. The van der Waals surface area contributed by atoms with Crippen molar-refractivity contribution in [1.82, 2.24) is 0 Å². The molecular weight excluding hydrogens is 336 g/mol. The Hall–Kier alpha value is -2.89. The highest BCUT2D eigenvalue weighted by Gasteiger charge is 2.47. The van der Waals surface area contributed by atoms with Crippen LogP contribution in [0.15, 0.2) is 30.3 Å². The van der Waals surface area contributed by atoms with Gasteiger partial charge in [0.2, 0.25) is 0 Å². The SMILES string of the molecule is COc1cc([C@H]2c3cc(O)c(OC)cc3C[C@H]3C(=O)OC[C@@H]23)ccc1O. The summed E-state index contributed by atoms with van der Waals surface area (Å²) >= 11 is 0. The fraction of sp³-hybridized carbons (Fsp3) is 0.350. The molecule has 1 fully saturated rings. The Morgan fingerprint density at radius 1 is 1.04 bits per heavy atom. The van der Waals surface area contributed by atoms with Crippen LogP contribution in [0, 0.1) is 11.8 Å². The molecule has 136 valence electrons. The number of rotatable bonds is 3. The maximum absolute atomic E-state index is 12.2. The number of ether oxygens (including phenoxy) is 3. The Kier molecular flexibility index (Phi) is 3.90. The predicted octanol–water partition coefficient (Wildman–Crippen LogP) is 2.59. The number of hydrogen-bond donors (Lipinski definition) is 2. The van der Waals surface area contributed by atoms with E-state index in [2.05, 4.69) is 0 Å². The molecule has 1 aliphatic heterocycles. The number of carbonyl (C=O) groups is 1. The lowest BCUT2D eigenvalue weighted by molar-refractivity contribution is -0.141. The van der Waals surface area contributed by atoms with Crippen LogP contribution in [0.25, 0.3) is 0 Å². The molecule has 26 heavy (non-hydrogen) atoms. The molecule has 0 saturated carbocycles. The average Bonchev–Trinajstić information content (AvgIpc) is 3.00. The maximum atomic E-state index is 12.2. The van der Waals surface area contributed by atoms with Gasteiger partial charge in [-0.3, -0.25) is 4.79 Å². The van der Waals surface area contributed by atoms with Gasteiger partial charge in [0.25, 0.3) is 0 Å². The number of hydrogen-bond acceptors (Lipinski definition) is 6. The first-order chi connectivity index (χ1) is 12.5. The van der Waals surface area contributed by atoms with Crippen molar-refractivity contribution in [2.24, 2.45) is 11.8 Å². The van der Waals surface area contributed by atoms with Crippen molar-refractivity contribution in [2.75, 3.05) is 20.8 Å². The fourth-order valence-electron chi connectivity index (χ4n) is 4.18. The van der Waals surface area contributed by atoms with Crippen LogP contribution in [-0.2, 0) is 16.0 Å². The van der Waals surface area contributed by atoms with Crippen LogP contribution < -0.4 is 9.47 Å². The lowest BCUT2D eigenvalue weighted by Gasteiger charge is -2.34. The Labute approximate surface area is 150 Å². The van der Waals surface area contributed by atoms with Crippen LogP contribution >= 0.6 is 0 Å². The van der Waals surface area contributed by atoms with Gasteiger partial charge in [-0.05, 0) is 47.4 Å². The minimum absolute atomic E-state index is 0.0305. The molecular formula is C20H20O6. The number of aromatic hydroxyl groups is 2. The largest absolute Gasteiger partial charge is 0.504 e. The quantitative estimate of drug-likeness (QED) is 0.823. The van der Waals surface area contributed by atoms with Gasteiger partial charge in [-0.15, -0.1) is 0 Å². The van der Waals surface area contributed by atoms with Crippen molar-refractivity contribution >= 4 is 5.97 Å². The highest BCUT2D eigenvalue weighted by molar-refractivity contribution is 5.77. The van der Waals surface area contributed by atoms with Gasteiger partial charge in [-0.2, -0.15) is 0 Å². The number of benzene rings is 2. The van der Waals surface area contributed by atoms with Crippen molar-refractivity contribution in [3.8, 4) is 23.0 Å². The molecule has 2 aliphatic rings. The minimum Gasteiger partial charge on any atom is -0.504 e. The van der Waals surface area contributed by atoms with Crippen molar-refractivity contribution in [3.63, 3.8) is 0 Å². The molecule has 0 bridgehead atoms. The van der Waals surface area contributed by atoms with Crippen molar-refractivity contribution in [1.29, 1.82) is 0 Å². The molecule has 1 heterocycles. The molecule has 0 radical (unpaired) electrons. The Bertz CT molecular complexity index is 875. The number of cyclic esters (lactones) is 1. The number of carbonyl (C=O) groups excluding carboxylic acids is 1. The van der Waals surface area contributed by atoms with Gasteiger partial charge in [-0.25, -0.2) is 0 Å². The molecule has 1 saturated heterocycles. The van der Waals surface area contributed by atoms with Crippen LogP contribution in [-0.4, -0.2) is 37.0 Å². The number of methoxy groups -OCH3 is 2. The lowest BCUT2D eigenvalue weighted by atomic mass is 9.67. The van der Waals surface area contributed by atoms with Gasteiger partial charge >= 0.3 is 5.97 Å². The molecule has 6 nitrogen and oxygen atoms in total. The van der Waals surface area contributed by atoms with Crippen LogP contribution in [0.4, 0.5) is 0 Å². The van der Waals surface area contributed by atoms with E-state index in [-0.39, 0.29) is 35.2 Å². The van der Waals surface area contributed by atoms with E-state index < -0.39 is 0 Å². The first-order valence-corrected chi connectivity index (χ1v) is 8.46. The third kappa shape index (κ3) is 2.44. The van der Waals surface area contributed by atoms with Crippen molar-refractivity contribution in [2.45, 2.75) is 12.3 Å². The van der Waals surface area contributed by atoms with Crippen LogP contribution in [0.3, 0.4) is 0 Å². The second-order valence-electron chi connectivity index (χ2n) is 6.74. The zero-order valence-corrected chi connectivity index (χ0v) is 14.6. The molecule has 0 amide bonds. The van der Waals surface area contributed by atoms with E-state index in [4.69, 9.17) is 14.2 Å². The van der Waals surface area contributed by atoms with E-state index in [0.717, 1.165) is 16.7 Å². The topological polar surface area (TPSA) is 85.2 Å². The summed E-state index contributed by atoms with van der Waals surface area (Å²) in [6, 6.07) is 8.67. The van der Waals surface area contributed by atoms with E-state index in [9.17, 15) is 15.0 Å². The maximum Gasteiger partial charge on any atom is 0.309 e. The Morgan fingerprint density at radius 3 is 2.50 bits per heavy atom. The zero-order valence-electron chi connectivity index (χ0n) is 14.6. The minimum atomic E-state index is -0.235. The van der Waals surface area contributed by atoms with E-state index >= 15 is 0 Å². The Morgan fingerprint density at radius 2 is 1.77 bits per heavy atom. The summed E-state index contributed by atoms with van der Waals surface area (Å²) in [5.41, 5.74) is 2.80. The summed E-state index contributed by atoms with van der Waals surface area (Å²) in [5.74, 6) is 0.263. The first kappa shape index (κ1) is 16.6. The zero-order chi connectivity index (χ0) is 18.4. The second-order valence-corrected chi connectivity index (χ2v) is 6.74. The van der Waals surface area contributed by atoms with E-state index in [1.165, 1.54) is 14.2 Å². The van der Waals surface area contributed by atoms with Gasteiger partial charge in [0.15, 0.2) is 23.0 Å². The van der Waals surface area contributed by atoms with E-state index in [1.54, 1.807) is 24.3 Å². The van der Waals surface area contributed by atoms with Gasteiger partial charge in [0.05, 0.1) is 26.7 Å². The molecule has 3 atom stereocenters. The number of esters is 1. The normalized spacial score (nSPS) is 23.8. The highest BCUT2D eigenvalue weighted by atomic mass is 16.5. The fourth-order valence-corrected chi connectivity index (χ4v) is 4.18. The lowest BCUT2D eigenvalue weighted by Crippen LogP contribution is -2.31. The molecule has 2 aromatic carbocycles. The Balaban J connectivity index is 1.89. The molecule has 4 rings (SSSR count). The summed E-state index contributed by atoms with van der Waals surface area (Å²) < 4.78 is 15.8. The first-order valence-electron chi connectivity index (χ1n) is 8.46. The van der Waals surface area contributed by atoms with E-state index in [1.807, 2.05) is 6.07 Å². The molecule has 2 N–H and O–H groups in total. The predicted molar refractivity (Wildman–Crippen MR) is 92.8 cm³/mol. The summed E-state index contributed by atoms with van der Waals surface area (Å²) in [4.78, 5) is 12.2. The van der Waals surface area contributed by atoms with Gasteiger partial charge in [0.1, 0.15) is 0 Å². The van der Waals surface area contributed by atoms with Crippen LogP contribution in [0.1, 0.15) is 22.6 Å². The summed E-state index contributed by atoms with van der Waals surface area (Å²) in [6.07, 6.45) is 0.557. The molecule has 0 aromatic heterocycles. The second kappa shape index (κ2) is 6.12. The molecule has 0 unspecified atom stereocenters. The molecule has 6 heteroatoms. The number of phenols is 2. The number of phenolic OH excluding ortho intramolecular Hbond substituents is 2. The molecule has 0 spiro atoms. The standard InChI is InChI=1S/C20H20O6/c1-24-17-6-10(3-4-15(17)21)19-12-8-16(22)18(25-2)7-11(12)5-13-14(19)9-26-20(13)23/h3-4,6-8,13-14,19,21-22H,5,9H2,1-2H3/t13-,14-,19+/m1/s1. The van der Waals surface area contributed by atoms with Crippen molar-refractivity contribution in [3.05, 3.63) is 47.0 Å². The smallest absolute Gasteiger partial charge is 0.309 e. The van der Waals surface area contributed by atoms with Crippen LogP contribution in [0.2, 0.25) is 0 Å². The van der Waals surface area contributed by atoms with Crippen molar-refractivity contribution < 1.29 is 29.2 Å². The summed E-state index contributed by atoms with van der Waals surface area (Å²) in [7, 11) is 2.99. The third-order valence-corrected chi connectivity index (χ3v) is 5.44. The van der Waals surface area contributed by atoms with E-state index in [0.29, 0.717) is 24.5 Å². The monoisotopic (exact) mass is 356 g/mol. The van der Waals surface area contributed by atoms with Gasteiger partial charge in [-0.1, -0.05) is 6.07 Å². The third-order valence-electron chi connectivity index (χ3n) is 5.44. The van der Waals surface area contributed by atoms with Gasteiger partial charge in [0, 0.05) is 11.8 Å². The summed E-state index contributed by atoms with van der Waals surface area (Å²) in [6.45, 7) is 0.337. The highest BCUT2D eigenvalue weighted by Crippen LogP contribution is 2.50. The molecule has 2 aromatic rings. The molecule has 1 aliphatic carbocycles.